The largest absolute Gasteiger partial charge is 0.350 e. The predicted octanol–water partition coefficient (Wildman–Crippen LogP) is 2.01. The molecule has 0 radical (unpaired) electrons. The fraction of sp³-hybridized carbons (Fsp3) is 0.600. The van der Waals surface area contributed by atoms with Gasteiger partial charge in [-0.15, -0.1) is 0 Å². The van der Waals surface area contributed by atoms with Gasteiger partial charge in [-0.1, -0.05) is 13.3 Å². The molecule has 0 aliphatic rings. The molecule has 0 fully saturated rings. The standard InChI is InChI=1S/C10H18N2/c1-3-4-7-12-8-5-6-10(12)9-11-2/h5-6,8,11H,3-4,7,9H2,1-2H3. The molecule has 1 aromatic heterocycles. The van der Waals surface area contributed by atoms with Gasteiger partial charge in [0.25, 0.3) is 0 Å². The van der Waals surface area contributed by atoms with Gasteiger partial charge in [0.05, 0.1) is 0 Å². The van der Waals surface area contributed by atoms with Crippen molar-refractivity contribution in [2.75, 3.05) is 7.05 Å². The third-order valence-corrected chi connectivity index (χ3v) is 2.03. The Hall–Kier alpha value is -0.760. The molecule has 0 spiro atoms. The zero-order chi connectivity index (χ0) is 8.81. The highest BCUT2D eigenvalue weighted by Crippen LogP contribution is 2.03. The van der Waals surface area contributed by atoms with Gasteiger partial charge < -0.3 is 9.88 Å². The number of nitrogens with one attached hydrogen (secondary N) is 1. The van der Waals surface area contributed by atoms with Gasteiger partial charge in [0.1, 0.15) is 0 Å². The van der Waals surface area contributed by atoms with Crippen LogP contribution in [0.25, 0.3) is 0 Å². The van der Waals surface area contributed by atoms with Crippen LogP contribution >= 0.6 is 0 Å². The van der Waals surface area contributed by atoms with E-state index < -0.39 is 0 Å². The first-order valence-corrected chi connectivity index (χ1v) is 4.67. The molecule has 0 aromatic carbocycles. The molecule has 12 heavy (non-hydrogen) atoms. The SMILES string of the molecule is CCCCn1cccc1CNC. The first-order chi connectivity index (χ1) is 5.88. The third kappa shape index (κ3) is 2.38. The Bertz CT molecular complexity index is 215. The maximum atomic E-state index is 3.17. The molecule has 1 aromatic rings. The molecular formula is C10H18N2. The molecule has 0 bridgehead atoms. The van der Waals surface area contributed by atoms with Crippen LogP contribution < -0.4 is 5.32 Å². The van der Waals surface area contributed by atoms with Crippen LogP contribution in [0.4, 0.5) is 0 Å². The summed E-state index contributed by atoms with van der Waals surface area (Å²) < 4.78 is 2.32. The van der Waals surface area contributed by atoms with Gasteiger partial charge in [0, 0.05) is 25.0 Å². The molecule has 68 valence electrons. The Balaban J connectivity index is 2.51. The van der Waals surface area contributed by atoms with Crippen molar-refractivity contribution >= 4 is 0 Å². The second-order valence-corrected chi connectivity index (χ2v) is 3.08. The van der Waals surface area contributed by atoms with Crippen LogP contribution in [0, 0.1) is 0 Å². The normalized spacial score (nSPS) is 10.5. The topological polar surface area (TPSA) is 17.0 Å². The van der Waals surface area contributed by atoms with Crippen molar-refractivity contribution in [3.8, 4) is 0 Å². The minimum atomic E-state index is 0.969. The van der Waals surface area contributed by atoms with E-state index in [-0.39, 0.29) is 0 Å². The van der Waals surface area contributed by atoms with Crippen LogP contribution in [0.5, 0.6) is 0 Å². The van der Waals surface area contributed by atoms with Gasteiger partial charge in [0.2, 0.25) is 0 Å². The quantitative estimate of drug-likeness (QED) is 0.708. The summed E-state index contributed by atoms with van der Waals surface area (Å²) in [6.45, 7) is 4.35. The summed E-state index contributed by atoms with van der Waals surface area (Å²) in [5.41, 5.74) is 1.38. The van der Waals surface area contributed by atoms with Gasteiger partial charge in [-0.05, 0) is 25.6 Å². The maximum Gasteiger partial charge on any atom is 0.0356 e. The van der Waals surface area contributed by atoms with Gasteiger partial charge in [-0.25, -0.2) is 0 Å². The van der Waals surface area contributed by atoms with Crippen molar-refractivity contribution in [2.45, 2.75) is 32.9 Å². The molecule has 2 heteroatoms. The zero-order valence-corrected chi connectivity index (χ0v) is 8.01. The Morgan fingerprint density at radius 3 is 3.00 bits per heavy atom. The maximum absolute atomic E-state index is 3.17. The molecule has 1 heterocycles. The van der Waals surface area contributed by atoms with Crippen LogP contribution in [-0.4, -0.2) is 11.6 Å². The smallest absolute Gasteiger partial charge is 0.0356 e. The molecule has 0 unspecified atom stereocenters. The Kier molecular flexibility index (Phi) is 3.88. The highest BCUT2D eigenvalue weighted by molar-refractivity contribution is 5.06. The third-order valence-electron chi connectivity index (χ3n) is 2.03. The Labute approximate surface area is 74.6 Å². The van der Waals surface area contributed by atoms with Crippen molar-refractivity contribution in [3.05, 3.63) is 24.0 Å². The fourth-order valence-corrected chi connectivity index (χ4v) is 1.34. The van der Waals surface area contributed by atoms with Crippen molar-refractivity contribution in [1.82, 2.24) is 9.88 Å². The van der Waals surface area contributed by atoms with E-state index >= 15 is 0 Å². The highest BCUT2D eigenvalue weighted by atomic mass is 15.0. The lowest BCUT2D eigenvalue weighted by Gasteiger charge is -2.07. The Morgan fingerprint density at radius 1 is 1.50 bits per heavy atom. The summed E-state index contributed by atoms with van der Waals surface area (Å²) >= 11 is 0. The van der Waals surface area contributed by atoms with E-state index in [1.165, 1.54) is 18.5 Å². The van der Waals surface area contributed by atoms with E-state index in [0.717, 1.165) is 13.1 Å². The number of hydrogen-bond acceptors (Lipinski definition) is 1. The lowest BCUT2D eigenvalue weighted by Crippen LogP contribution is -2.10. The fourth-order valence-electron chi connectivity index (χ4n) is 1.34. The van der Waals surface area contributed by atoms with Gasteiger partial charge in [-0.2, -0.15) is 0 Å². The van der Waals surface area contributed by atoms with Crippen LogP contribution in [0.2, 0.25) is 0 Å². The van der Waals surface area contributed by atoms with E-state index in [1.807, 2.05) is 7.05 Å². The van der Waals surface area contributed by atoms with Gasteiger partial charge in [0.15, 0.2) is 0 Å². The number of nitrogens with zero attached hydrogens (tertiary/aromatic N) is 1. The molecule has 0 amide bonds. The molecule has 0 saturated carbocycles. The minimum Gasteiger partial charge on any atom is -0.350 e. The summed E-state index contributed by atoms with van der Waals surface area (Å²) in [5, 5.41) is 3.17. The molecule has 0 aliphatic carbocycles. The molecule has 0 atom stereocenters. The summed E-state index contributed by atoms with van der Waals surface area (Å²) in [4.78, 5) is 0. The molecule has 1 rings (SSSR count). The molecule has 0 aliphatic heterocycles. The Morgan fingerprint density at radius 2 is 2.33 bits per heavy atom. The zero-order valence-electron chi connectivity index (χ0n) is 8.01. The number of aromatic nitrogens is 1. The monoisotopic (exact) mass is 166 g/mol. The van der Waals surface area contributed by atoms with E-state index in [1.54, 1.807) is 0 Å². The summed E-state index contributed by atoms with van der Waals surface area (Å²) in [6, 6.07) is 4.29. The molecular weight excluding hydrogens is 148 g/mol. The predicted molar refractivity (Wildman–Crippen MR) is 52.1 cm³/mol. The second kappa shape index (κ2) is 4.99. The lowest BCUT2D eigenvalue weighted by molar-refractivity contribution is 0.597. The van der Waals surface area contributed by atoms with E-state index in [0.29, 0.717) is 0 Å². The van der Waals surface area contributed by atoms with Crippen molar-refractivity contribution in [3.63, 3.8) is 0 Å². The van der Waals surface area contributed by atoms with E-state index in [9.17, 15) is 0 Å². The first-order valence-electron chi connectivity index (χ1n) is 4.67. The number of aryl methyl sites for hydroxylation is 1. The number of hydrogen-bond donors (Lipinski definition) is 1. The van der Waals surface area contributed by atoms with Gasteiger partial charge in [-0.3, -0.25) is 0 Å². The van der Waals surface area contributed by atoms with Gasteiger partial charge >= 0.3 is 0 Å². The number of unbranched alkanes of at least 4 members (excludes halogenated alkanes) is 1. The highest BCUT2D eigenvalue weighted by Gasteiger charge is 1.97. The number of rotatable bonds is 5. The minimum absolute atomic E-state index is 0.969. The van der Waals surface area contributed by atoms with Crippen LogP contribution in [0.15, 0.2) is 18.3 Å². The summed E-state index contributed by atoms with van der Waals surface area (Å²) in [6.07, 6.45) is 4.69. The molecule has 0 saturated heterocycles. The van der Waals surface area contributed by atoms with E-state index in [4.69, 9.17) is 0 Å². The van der Waals surface area contributed by atoms with Crippen molar-refractivity contribution in [2.24, 2.45) is 0 Å². The lowest BCUT2D eigenvalue weighted by atomic mass is 10.3. The molecule has 1 N–H and O–H groups in total. The second-order valence-electron chi connectivity index (χ2n) is 3.08. The summed E-state index contributed by atoms with van der Waals surface area (Å²) in [5.74, 6) is 0. The summed E-state index contributed by atoms with van der Waals surface area (Å²) in [7, 11) is 1.98. The van der Waals surface area contributed by atoms with Crippen LogP contribution in [0.3, 0.4) is 0 Å². The van der Waals surface area contributed by atoms with Crippen molar-refractivity contribution in [1.29, 1.82) is 0 Å². The average Bonchev–Trinajstić information content (AvgIpc) is 2.50. The van der Waals surface area contributed by atoms with Crippen LogP contribution in [0.1, 0.15) is 25.5 Å². The van der Waals surface area contributed by atoms with Crippen LogP contribution in [-0.2, 0) is 13.1 Å². The van der Waals surface area contributed by atoms with E-state index in [2.05, 4.69) is 35.1 Å². The first kappa shape index (κ1) is 9.33. The average molecular weight is 166 g/mol. The molecule has 2 nitrogen and oxygen atoms in total. The van der Waals surface area contributed by atoms with Crippen molar-refractivity contribution < 1.29 is 0 Å².